The van der Waals surface area contributed by atoms with Crippen molar-refractivity contribution in [2.75, 3.05) is 0 Å². The normalized spacial score (nSPS) is 9.53. The van der Waals surface area contributed by atoms with Crippen LogP contribution in [0.15, 0.2) is 36.4 Å². The summed E-state index contributed by atoms with van der Waals surface area (Å²) in [6, 6.07) is 2.78. The Kier molecular flexibility index (Phi) is 3.33. The SMILES string of the molecule is O=C(O)c1ccccc1OC(F)=C(F)F. The van der Waals surface area contributed by atoms with Crippen LogP contribution in [0.5, 0.6) is 5.75 Å². The molecule has 0 aliphatic carbocycles. The van der Waals surface area contributed by atoms with Gasteiger partial charge < -0.3 is 9.84 Å². The monoisotopic (exact) mass is 218 g/mol. The summed E-state index contributed by atoms with van der Waals surface area (Å²) in [7, 11) is 0. The van der Waals surface area contributed by atoms with Gasteiger partial charge in [0.25, 0.3) is 0 Å². The Morgan fingerprint density at radius 1 is 1.20 bits per heavy atom. The smallest absolute Gasteiger partial charge is 0.344 e. The second-order valence-corrected chi connectivity index (χ2v) is 2.44. The summed E-state index contributed by atoms with van der Waals surface area (Å²) in [4.78, 5) is 10.6. The average molecular weight is 218 g/mol. The predicted molar refractivity (Wildman–Crippen MR) is 44.4 cm³/mol. The Morgan fingerprint density at radius 2 is 1.80 bits per heavy atom. The van der Waals surface area contributed by atoms with E-state index in [1.807, 2.05) is 0 Å². The van der Waals surface area contributed by atoms with Crippen molar-refractivity contribution in [3.05, 3.63) is 41.9 Å². The molecule has 80 valence electrons. The maximum absolute atomic E-state index is 12.4. The first-order valence-corrected chi connectivity index (χ1v) is 3.73. The van der Waals surface area contributed by atoms with Crippen LogP contribution in [0, 0.1) is 0 Å². The number of hydrogen-bond acceptors (Lipinski definition) is 2. The molecule has 1 N–H and O–H groups in total. The van der Waals surface area contributed by atoms with E-state index in [1.54, 1.807) is 0 Å². The van der Waals surface area contributed by atoms with Gasteiger partial charge in [0.1, 0.15) is 11.3 Å². The van der Waals surface area contributed by atoms with Crippen molar-refractivity contribution in [1.29, 1.82) is 0 Å². The van der Waals surface area contributed by atoms with Gasteiger partial charge in [0, 0.05) is 0 Å². The van der Waals surface area contributed by atoms with Gasteiger partial charge in [-0.1, -0.05) is 12.1 Å². The summed E-state index contributed by atoms with van der Waals surface area (Å²) in [6.45, 7) is 0. The molecular formula is C9H5F3O3. The molecule has 3 nitrogen and oxygen atoms in total. The first-order valence-electron chi connectivity index (χ1n) is 3.73. The molecule has 0 aliphatic rings. The van der Waals surface area contributed by atoms with E-state index in [0.29, 0.717) is 0 Å². The number of para-hydroxylation sites is 1. The Bertz CT molecular complexity index is 411. The van der Waals surface area contributed by atoms with Crippen LogP contribution in [0.25, 0.3) is 0 Å². The number of ether oxygens (including phenoxy) is 1. The van der Waals surface area contributed by atoms with Crippen LogP contribution >= 0.6 is 0 Å². The summed E-state index contributed by atoms with van der Waals surface area (Å²) in [5.41, 5.74) is -0.395. The minimum Gasteiger partial charge on any atom is -0.478 e. The van der Waals surface area contributed by atoms with Crippen molar-refractivity contribution in [3.8, 4) is 5.75 Å². The van der Waals surface area contributed by atoms with E-state index in [-0.39, 0.29) is 0 Å². The Balaban J connectivity index is 3.05. The topological polar surface area (TPSA) is 46.5 Å². The number of rotatable bonds is 3. The lowest BCUT2D eigenvalue weighted by molar-refractivity contribution is 0.0692. The zero-order valence-corrected chi connectivity index (χ0v) is 7.21. The van der Waals surface area contributed by atoms with E-state index in [2.05, 4.69) is 4.74 Å². The number of carbonyl (C=O) groups is 1. The number of carboxylic acid groups (broad SMARTS) is 1. The molecule has 0 atom stereocenters. The Labute approximate surface area is 82.4 Å². The van der Waals surface area contributed by atoms with Gasteiger partial charge >= 0.3 is 18.1 Å². The van der Waals surface area contributed by atoms with E-state index in [9.17, 15) is 18.0 Å². The van der Waals surface area contributed by atoms with Crippen LogP contribution in [-0.4, -0.2) is 11.1 Å². The molecule has 0 saturated carbocycles. The van der Waals surface area contributed by atoms with Crippen LogP contribution in [0.3, 0.4) is 0 Å². The zero-order valence-electron chi connectivity index (χ0n) is 7.21. The maximum Gasteiger partial charge on any atom is 0.344 e. The number of halogens is 3. The zero-order chi connectivity index (χ0) is 11.4. The molecule has 0 radical (unpaired) electrons. The summed E-state index contributed by atoms with van der Waals surface area (Å²) in [6.07, 6.45) is -2.64. The largest absolute Gasteiger partial charge is 0.478 e. The summed E-state index contributed by atoms with van der Waals surface area (Å²) in [5, 5.41) is 8.61. The van der Waals surface area contributed by atoms with Crippen molar-refractivity contribution in [2.24, 2.45) is 0 Å². The molecule has 0 amide bonds. The molecular weight excluding hydrogens is 213 g/mol. The number of carboxylic acids is 1. The van der Waals surface area contributed by atoms with Crippen molar-refractivity contribution < 1.29 is 27.8 Å². The molecule has 1 rings (SSSR count). The third kappa shape index (κ3) is 2.73. The fourth-order valence-corrected chi connectivity index (χ4v) is 0.867. The van der Waals surface area contributed by atoms with Gasteiger partial charge in [-0.05, 0) is 12.1 Å². The first kappa shape index (κ1) is 11.1. The molecule has 15 heavy (non-hydrogen) atoms. The molecule has 1 aromatic carbocycles. The molecule has 0 bridgehead atoms. The van der Waals surface area contributed by atoms with Crippen molar-refractivity contribution >= 4 is 5.97 Å². The van der Waals surface area contributed by atoms with Crippen LogP contribution in [-0.2, 0) is 0 Å². The summed E-state index contributed by atoms with van der Waals surface area (Å²) < 4.78 is 39.8. The van der Waals surface area contributed by atoms with Crippen LogP contribution in [0.4, 0.5) is 13.2 Å². The molecule has 1 aromatic rings. The van der Waals surface area contributed by atoms with Crippen LogP contribution in [0.2, 0.25) is 0 Å². The summed E-state index contributed by atoms with van der Waals surface area (Å²) in [5.74, 6) is -1.87. The Hall–Kier alpha value is -1.98. The quantitative estimate of drug-likeness (QED) is 0.793. The lowest BCUT2D eigenvalue weighted by Crippen LogP contribution is -2.01. The second kappa shape index (κ2) is 4.50. The third-order valence-corrected chi connectivity index (χ3v) is 1.47. The van der Waals surface area contributed by atoms with Crippen molar-refractivity contribution in [2.45, 2.75) is 0 Å². The van der Waals surface area contributed by atoms with Gasteiger partial charge in [-0.15, -0.1) is 0 Å². The minimum absolute atomic E-state index is 0.395. The van der Waals surface area contributed by atoms with Crippen molar-refractivity contribution in [1.82, 2.24) is 0 Å². The van der Waals surface area contributed by atoms with E-state index >= 15 is 0 Å². The fourth-order valence-electron chi connectivity index (χ4n) is 0.867. The van der Waals surface area contributed by atoms with Gasteiger partial charge in [-0.2, -0.15) is 13.2 Å². The maximum atomic E-state index is 12.4. The molecule has 0 aliphatic heterocycles. The second-order valence-electron chi connectivity index (χ2n) is 2.44. The first-order chi connectivity index (χ1) is 7.02. The van der Waals surface area contributed by atoms with E-state index < -0.39 is 29.4 Å². The highest BCUT2D eigenvalue weighted by atomic mass is 19.3. The van der Waals surface area contributed by atoms with Gasteiger partial charge in [0.2, 0.25) is 0 Å². The lowest BCUT2D eigenvalue weighted by Gasteiger charge is -2.04. The average Bonchev–Trinajstić information content (AvgIpc) is 2.18. The van der Waals surface area contributed by atoms with Gasteiger partial charge in [0.15, 0.2) is 0 Å². The van der Waals surface area contributed by atoms with E-state index in [1.165, 1.54) is 12.1 Å². The number of aromatic carboxylic acids is 1. The standard InChI is InChI=1S/C9H5F3O3/c10-7(11)8(12)15-6-4-2-1-3-5(6)9(13)14/h1-4H,(H,13,14). The van der Waals surface area contributed by atoms with Gasteiger partial charge in [0.05, 0.1) is 0 Å². The number of benzene rings is 1. The lowest BCUT2D eigenvalue weighted by atomic mass is 10.2. The van der Waals surface area contributed by atoms with E-state index in [0.717, 1.165) is 12.1 Å². The summed E-state index contributed by atoms with van der Waals surface area (Å²) >= 11 is 0. The molecule has 0 spiro atoms. The molecule has 0 aromatic heterocycles. The van der Waals surface area contributed by atoms with Gasteiger partial charge in [-0.25, -0.2) is 4.79 Å². The van der Waals surface area contributed by atoms with Gasteiger partial charge in [-0.3, -0.25) is 0 Å². The fraction of sp³-hybridized carbons (Fsp3) is 0. The molecule has 0 saturated heterocycles. The highest BCUT2D eigenvalue weighted by molar-refractivity contribution is 5.90. The van der Waals surface area contributed by atoms with Crippen molar-refractivity contribution in [3.63, 3.8) is 0 Å². The highest BCUT2D eigenvalue weighted by Gasteiger charge is 2.14. The van der Waals surface area contributed by atoms with Crippen LogP contribution < -0.4 is 4.74 Å². The molecule has 0 heterocycles. The predicted octanol–water partition coefficient (Wildman–Crippen LogP) is 2.80. The third-order valence-electron chi connectivity index (χ3n) is 1.47. The Morgan fingerprint density at radius 3 is 2.33 bits per heavy atom. The number of hydrogen-bond donors (Lipinski definition) is 1. The van der Waals surface area contributed by atoms with Crippen LogP contribution in [0.1, 0.15) is 10.4 Å². The molecule has 0 unspecified atom stereocenters. The highest BCUT2D eigenvalue weighted by Crippen LogP contribution is 2.22. The molecule has 0 fully saturated rings. The van der Waals surface area contributed by atoms with E-state index in [4.69, 9.17) is 5.11 Å². The molecule has 6 heteroatoms. The minimum atomic E-state index is -2.64.